The summed E-state index contributed by atoms with van der Waals surface area (Å²) in [4.78, 5) is 18.3. The molecule has 6 nitrogen and oxygen atoms in total. The zero-order valence-electron chi connectivity index (χ0n) is 10.1. The lowest BCUT2D eigenvalue weighted by Gasteiger charge is -2.19. The van der Waals surface area contributed by atoms with Gasteiger partial charge in [0.05, 0.1) is 0 Å². The fourth-order valence-electron chi connectivity index (χ4n) is 1.40. The standard InChI is InChI=1S/C10H18N4O2S/c1-3-14(5-4-6-15)9(16)7-8(11)13-10(12-2)17-7/h15H,3-6,11H2,1-2H3,(H,12,13). The maximum Gasteiger partial charge on any atom is 0.267 e. The van der Waals surface area contributed by atoms with Gasteiger partial charge >= 0.3 is 0 Å². The molecule has 1 rings (SSSR count). The van der Waals surface area contributed by atoms with Crippen LogP contribution < -0.4 is 11.1 Å². The van der Waals surface area contributed by atoms with Crippen LogP contribution in [0.4, 0.5) is 10.9 Å². The SMILES string of the molecule is CCN(CCCO)C(=O)c1sc(NC)nc1N. The Hall–Kier alpha value is -1.34. The minimum absolute atomic E-state index is 0.0731. The van der Waals surface area contributed by atoms with Crippen LogP contribution in [0.2, 0.25) is 0 Å². The number of carbonyl (C=O) groups is 1. The molecule has 0 radical (unpaired) electrons. The number of aliphatic hydroxyl groups excluding tert-OH is 1. The molecule has 0 aliphatic rings. The van der Waals surface area contributed by atoms with Crippen molar-refractivity contribution in [2.24, 2.45) is 0 Å². The van der Waals surface area contributed by atoms with E-state index in [1.165, 1.54) is 11.3 Å². The number of aromatic nitrogens is 1. The number of anilines is 2. The molecule has 0 aromatic carbocycles. The van der Waals surface area contributed by atoms with E-state index in [1.54, 1.807) is 11.9 Å². The number of amides is 1. The Balaban J connectivity index is 2.81. The van der Waals surface area contributed by atoms with Crippen LogP contribution in [0.15, 0.2) is 0 Å². The van der Waals surface area contributed by atoms with Crippen molar-refractivity contribution in [2.45, 2.75) is 13.3 Å². The normalized spacial score (nSPS) is 10.3. The van der Waals surface area contributed by atoms with Gasteiger partial charge < -0.3 is 21.1 Å². The van der Waals surface area contributed by atoms with Gasteiger partial charge in [-0.1, -0.05) is 11.3 Å². The van der Waals surface area contributed by atoms with E-state index in [0.29, 0.717) is 29.5 Å². The largest absolute Gasteiger partial charge is 0.396 e. The average Bonchev–Trinajstić information content (AvgIpc) is 2.71. The monoisotopic (exact) mass is 258 g/mol. The summed E-state index contributed by atoms with van der Waals surface area (Å²) >= 11 is 1.24. The summed E-state index contributed by atoms with van der Waals surface area (Å²) in [5, 5.41) is 12.3. The first-order chi connectivity index (χ1) is 8.13. The number of nitrogen functional groups attached to an aromatic ring is 1. The highest BCUT2D eigenvalue weighted by atomic mass is 32.1. The Morgan fingerprint density at radius 3 is 2.82 bits per heavy atom. The summed E-state index contributed by atoms with van der Waals surface area (Å²) in [6.45, 7) is 3.08. The maximum atomic E-state index is 12.1. The molecule has 1 aromatic heterocycles. The second-order valence-electron chi connectivity index (χ2n) is 3.45. The zero-order chi connectivity index (χ0) is 12.8. The van der Waals surface area contributed by atoms with Crippen LogP contribution in [-0.4, -0.2) is 47.6 Å². The number of nitrogens with zero attached hydrogens (tertiary/aromatic N) is 2. The van der Waals surface area contributed by atoms with E-state index in [-0.39, 0.29) is 18.3 Å². The van der Waals surface area contributed by atoms with Crippen molar-refractivity contribution in [2.75, 3.05) is 37.8 Å². The van der Waals surface area contributed by atoms with E-state index in [4.69, 9.17) is 10.8 Å². The Labute approximate surface area is 104 Å². The first kappa shape index (κ1) is 13.7. The first-order valence-electron chi connectivity index (χ1n) is 5.48. The lowest BCUT2D eigenvalue weighted by Crippen LogP contribution is -2.32. The number of rotatable bonds is 6. The fourth-order valence-corrected chi connectivity index (χ4v) is 2.21. The number of thiazole rings is 1. The molecule has 0 saturated heterocycles. The Morgan fingerprint density at radius 2 is 2.35 bits per heavy atom. The summed E-state index contributed by atoms with van der Waals surface area (Å²) in [5.41, 5.74) is 5.70. The van der Waals surface area contributed by atoms with Crippen molar-refractivity contribution in [3.05, 3.63) is 4.88 Å². The zero-order valence-corrected chi connectivity index (χ0v) is 10.9. The van der Waals surface area contributed by atoms with Crippen LogP contribution in [0, 0.1) is 0 Å². The molecule has 1 heterocycles. The van der Waals surface area contributed by atoms with E-state index in [9.17, 15) is 4.79 Å². The van der Waals surface area contributed by atoms with Crippen LogP contribution in [-0.2, 0) is 0 Å². The number of carbonyl (C=O) groups excluding carboxylic acids is 1. The Bertz CT molecular complexity index is 380. The highest BCUT2D eigenvalue weighted by Gasteiger charge is 2.20. The first-order valence-corrected chi connectivity index (χ1v) is 6.29. The molecule has 4 N–H and O–H groups in total. The van der Waals surface area contributed by atoms with Crippen LogP contribution in [0.25, 0.3) is 0 Å². The second kappa shape index (κ2) is 6.41. The summed E-state index contributed by atoms with van der Waals surface area (Å²) in [7, 11) is 1.73. The number of nitrogens with one attached hydrogen (secondary N) is 1. The van der Waals surface area contributed by atoms with Crippen molar-refractivity contribution in [1.82, 2.24) is 9.88 Å². The van der Waals surface area contributed by atoms with E-state index in [1.807, 2.05) is 6.92 Å². The van der Waals surface area contributed by atoms with E-state index >= 15 is 0 Å². The van der Waals surface area contributed by atoms with Gasteiger partial charge in [-0.3, -0.25) is 4.79 Å². The highest BCUT2D eigenvalue weighted by molar-refractivity contribution is 7.18. The van der Waals surface area contributed by atoms with Gasteiger partial charge in [-0.2, -0.15) is 0 Å². The van der Waals surface area contributed by atoms with Gasteiger partial charge in [-0.15, -0.1) is 0 Å². The molecule has 17 heavy (non-hydrogen) atoms. The molecule has 0 aliphatic carbocycles. The van der Waals surface area contributed by atoms with Gasteiger partial charge in [-0.25, -0.2) is 4.98 Å². The third-order valence-electron chi connectivity index (χ3n) is 2.32. The highest BCUT2D eigenvalue weighted by Crippen LogP contribution is 2.25. The maximum absolute atomic E-state index is 12.1. The predicted octanol–water partition coefficient (Wildman–Crippen LogP) is 0.611. The van der Waals surface area contributed by atoms with Crippen molar-refractivity contribution >= 4 is 28.2 Å². The minimum atomic E-state index is -0.127. The van der Waals surface area contributed by atoms with Gasteiger partial charge in [0.25, 0.3) is 5.91 Å². The van der Waals surface area contributed by atoms with Crippen LogP contribution in [0.3, 0.4) is 0 Å². The summed E-state index contributed by atoms with van der Waals surface area (Å²) in [6.07, 6.45) is 0.567. The molecular formula is C10H18N4O2S. The van der Waals surface area contributed by atoms with Gasteiger partial charge in [0.15, 0.2) is 5.13 Å². The summed E-state index contributed by atoms with van der Waals surface area (Å²) < 4.78 is 0. The van der Waals surface area contributed by atoms with Crippen molar-refractivity contribution in [3.63, 3.8) is 0 Å². The third kappa shape index (κ3) is 3.31. The van der Waals surface area contributed by atoms with E-state index in [2.05, 4.69) is 10.3 Å². The van der Waals surface area contributed by atoms with Gasteiger partial charge in [-0.05, 0) is 13.3 Å². The molecule has 0 aliphatic heterocycles. The number of hydrogen-bond acceptors (Lipinski definition) is 6. The lowest BCUT2D eigenvalue weighted by atomic mass is 10.3. The molecule has 0 bridgehead atoms. The van der Waals surface area contributed by atoms with Crippen molar-refractivity contribution in [3.8, 4) is 0 Å². The van der Waals surface area contributed by atoms with Gasteiger partial charge in [0, 0.05) is 26.7 Å². The molecule has 0 spiro atoms. The van der Waals surface area contributed by atoms with Gasteiger partial charge in [0.2, 0.25) is 0 Å². The predicted molar refractivity (Wildman–Crippen MR) is 69.4 cm³/mol. The topological polar surface area (TPSA) is 91.5 Å². The smallest absolute Gasteiger partial charge is 0.267 e. The molecule has 7 heteroatoms. The van der Waals surface area contributed by atoms with E-state index in [0.717, 1.165) is 0 Å². The van der Waals surface area contributed by atoms with E-state index < -0.39 is 0 Å². The number of nitrogens with two attached hydrogens (primary N) is 1. The van der Waals surface area contributed by atoms with Crippen molar-refractivity contribution in [1.29, 1.82) is 0 Å². The van der Waals surface area contributed by atoms with Gasteiger partial charge in [0.1, 0.15) is 10.7 Å². The lowest BCUT2D eigenvalue weighted by molar-refractivity contribution is 0.0760. The van der Waals surface area contributed by atoms with Crippen LogP contribution in [0.5, 0.6) is 0 Å². The molecule has 0 saturated carbocycles. The molecule has 96 valence electrons. The molecule has 0 atom stereocenters. The Morgan fingerprint density at radius 1 is 1.65 bits per heavy atom. The number of hydrogen-bond donors (Lipinski definition) is 3. The molecule has 0 fully saturated rings. The molecule has 1 aromatic rings. The number of aliphatic hydroxyl groups is 1. The molecular weight excluding hydrogens is 240 g/mol. The third-order valence-corrected chi connectivity index (χ3v) is 3.39. The van der Waals surface area contributed by atoms with Crippen molar-refractivity contribution < 1.29 is 9.90 Å². The summed E-state index contributed by atoms with van der Waals surface area (Å²) in [5.74, 6) is 0.129. The quantitative estimate of drug-likeness (QED) is 0.695. The molecule has 1 amide bonds. The fraction of sp³-hybridized carbons (Fsp3) is 0.600. The van der Waals surface area contributed by atoms with Crippen LogP contribution >= 0.6 is 11.3 Å². The molecule has 0 unspecified atom stereocenters. The second-order valence-corrected chi connectivity index (χ2v) is 4.44. The van der Waals surface area contributed by atoms with Crippen LogP contribution in [0.1, 0.15) is 23.0 Å². The minimum Gasteiger partial charge on any atom is -0.396 e. The Kier molecular flexibility index (Phi) is 5.17. The average molecular weight is 258 g/mol. The summed E-state index contributed by atoms with van der Waals surface area (Å²) in [6, 6.07) is 0.